The number of phenols is 1. The van der Waals surface area contributed by atoms with E-state index in [4.69, 9.17) is 4.42 Å². The van der Waals surface area contributed by atoms with E-state index in [9.17, 15) is 15.0 Å². The Hall–Kier alpha value is -2.83. The second-order valence-electron chi connectivity index (χ2n) is 6.68. The van der Waals surface area contributed by atoms with Crippen molar-refractivity contribution in [2.24, 2.45) is 0 Å². The lowest BCUT2D eigenvalue weighted by molar-refractivity contribution is 0.0964. The Morgan fingerprint density at radius 1 is 1.18 bits per heavy atom. The number of aliphatic hydroxyl groups is 1. The monoisotopic (exact) mass is 382 g/mol. The maximum absolute atomic E-state index is 12.7. The minimum Gasteiger partial charge on any atom is -0.508 e. The van der Waals surface area contributed by atoms with Gasteiger partial charge >= 0.3 is 0 Å². The first-order chi connectivity index (χ1) is 13.6. The molecule has 0 unspecified atom stereocenters. The number of carbonyl (C=O) groups is 1. The quantitative estimate of drug-likeness (QED) is 0.480. The van der Waals surface area contributed by atoms with E-state index in [-0.39, 0.29) is 24.3 Å². The summed E-state index contributed by atoms with van der Waals surface area (Å²) in [6.45, 7) is 2.61. The van der Waals surface area contributed by atoms with Crippen molar-refractivity contribution in [3.05, 3.63) is 53.6 Å². The van der Waals surface area contributed by atoms with Gasteiger partial charge in [-0.1, -0.05) is 37.3 Å². The zero-order valence-electron chi connectivity index (χ0n) is 16.2. The van der Waals surface area contributed by atoms with Crippen LogP contribution < -0.4 is 10.6 Å². The second-order valence-corrected chi connectivity index (χ2v) is 6.68. The number of hydrogen-bond acceptors (Lipinski definition) is 5. The van der Waals surface area contributed by atoms with Gasteiger partial charge in [-0.2, -0.15) is 0 Å². The van der Waals surface area contributed by atoms with Crippen LogP contribution in [0.4, 0.5) is 0 Å². The van der Waals surface area contributed by atoms with E-state index in [0.29, 0.717) is 40.8 Å². The Bertz CT molecular complexity index is 946. The minimum atomic E-state index is -0.265. The Balaban J connectivity index is 2.10. The average molecular weight is 382 g/mol. The van der Waals surface area contributed by atoms with Gasteiger partial charge in [0.2, 0.25) is 0 Å². The van der Waals surface area contributed by atoms with E-state index in [1.165, 1.54) is 0 Å². The van der Waals surface area contributed by atoms with Crippen molar-refractivity contribution in [2.75, 3.05) is 20.2 Å². The summed E-state index contributed by atoms with van der Waals surface area (Å²) >= 11 is 0. The molecule has 1 amide bonds. The summed E-state index contributed by atoms with van der Waals surface area (Å²) in [5, 5.41) is 26.4. The first-order valence-electron chi connectivity index (χ1n) is 9.49. The molecular weight excluding hydrogens is 356 g/mol. The molecule has 6 heteroatoms. The van der Waals surface area contributed by atoms with Crippen molar-refractivity contribution in [1.82, 2.24) is 10.6 Å². The zero-order chi connectivity index (χ0) is 20.1. The number of aromatic hydroxyl groups is 1. The molecule has 2 aromatic carbocycles. The Labute approximate surface area is 164 Å². The van der Waals surface area contributed by atoms with Crippen molar-refractivity contribution in [3.63, 3.8) is 0 Å². The lowest BCUT2D eigenvalue weighted by Gasteiger charge is -2.14. The molecule has 0 saturated heterocycles. The summed E-state index contributed by atoms with van der Waals surface area (Å²) in [6.07, 6.45) is 1.30. The SMILES string of the molecule is CC[C@H](CO)NCCc1c(O)ccc2oc(-c3ccccc3)c(C(=O)NC)c12. The van der Waals surface area contributed by atoms with Crippen LogP contribution in [0.3, 0.4) is 0 Å². The van der Waals surface area contributed by atoms with E-state index in [2.05, 4.69) is 10.6 Å². The molecule has 0 aliphatic heterocycles. The highest BCUT2D eigenvalue weighted by Crippen LogP contribution is 2.38. The van der Waals surface area contributed by atoms with Gasteiger partial charge in [-0.3, -0.25) is 4.79 Å². The van der Waals surface area contributed by atoms with Crippen LogP contribution >= 0.6 is 0 Å². The number of fused-ring (bicyclic) bond motifs is 1. The molecule has 1 atom stereocenters. The smallest absolute Gasteiger partial charge is 0.255 e. The molecule has 0 spiro atoms. The molecule has 0 aliphatic carbocycles. The zero-order valence-corrected chi connectivity index (χ0v) is 16.2. The molecule has 1 heterocycles. The predicted octanol–water partition coefficient (Wildman–Crippen LogP) is 3.07. The largest absolute Gasteiger partial charge is 0.508 e. The molecule has 6 nitrogen and oxygen atoms in total. The van der Waals surface area contributed by atoms with Crippen LogP contribution in [0.2, 0.25) is 0 Å². The number of benzene rings is 2. The van der Waals surface area contributed by atoms with Crippen LogP contribution in [-0.4, -0.2) is 42.4 Å². The number of amides is 1. The Kier molecular flexibility index (Phi) is 6.34. The topological polar surface area (TPSA) is 94.7 Å². The van der Waals surface area contributed by atoms with Gasteiger partial charge in [-0.25, -0.2) is 0 Å². The lowest BCUT2D eigenvalue weighted by Crippen LogP contribution is -2.33. The van der Waals surface area contributed by atoms with Gasteiger partial charge in [-0.05, 0) is 31.5 Å². The van der Waals surface area contributed by atoms with Gasteiger partial charge in [0.25, 0.3) is 5.91 Å². The first-order valence-corrected chi connectivity index (χ1v) is 9.49. The number of nitrogens with one attached hydrogen (secondary N) is 2. The van der Waals surface area contributed by atoms with E-state index >= 15 is 0 Å². The average Bonchev–Trinajstić information content (AvgIpc) is 3.12. The van der Waals surface area contributed by atoms with Crippen LogP contribution in [0.5, 0.6) is 5.75 Å². The second kappa shape index (κ2) is 8.91. The van der Waals surface area contributed by atoms with Gasteiger partial charge in [0.15, 0.2) is 0 Å². The van der Waals surface area contributed by atoms with Gasteiger partial charge in [-0.15, -0.1) is 0 Å². The molecule has 0 radical (unpaired) electrons. The summed E-state index contributed by atoms with van der Waals surface area (Å²) < 4.78 is 6.04. The van der Waals surface area contributed by atoms with Crippen molar-refractivity contribution in [1.29, 1.82) is 0 Å². The number of rotatable bonds is 8. The van der Waals surface area contributed by atoms with Crippen LogP contribution in [0.1, 0.15) is 29.3 Å². The number of furan rings is 1. The number of phenolic OH excluding ortho intramolecular Hbond substituents is 1. The van der Waals surface area contributed by atoms with E-state index in [0.717, 1.165) is 12.0 Å². The first kappa shape index (κ1) is 19.9. The molecule has 1 aromatic heterocycles. The molecule has 0 aliphatic rings. The normalized spacial score (nSPS) is 12.2. The van der Waals surface area contributed by atoms with E-state index in [1.54, 1.807) is 19.2 Å². The van der Waals surface area contributed by atoms with Crippen LogP contribution in [0.15, 0.2) is 46.9 Å². The number of carbonyl (C=O) groups excluding carboxylic acids is 1. The summed E-state index contributed by atoms with van der Waals surface area (Å²) in [5.74, 6) is 0.340. The van der Waals surface area contributed by atoms with E-state index < -0.39 is 0 Å². The molecular formula is C22H26N2O4. The third-order valence-corrected chi connectivity index (χ3v) is 4.95. The third kappa shape index (κ3) is 3.88. The van der Waals surface area contributed by atoms with Crippen LogP contribution in [0, 0.1) is 0 Å². The summed E-state index contributed by atoms with van der Waals surface area (Å²) in [4.78, 5) is 12.7. The van der Waals surface area contributed by atoms with Crippen molar-refractivity contribution < 1.29 is 19.4 Å². The van der Waals surface area contributed by atoms with Gasteiger partial charge < -0.3 is 25.3 Å². The molecule has 28 heavy (non-hydrogen) atoms. The van der Waals surface area contributed by atoms with Crippen LogP contribution in [0.25, 0.3) is 22.3 Å². The Morgan fingerprint density at radius 3 is 2.57 bits per heavy atom. The maximum Gasteiger partial charge on any atom is 0.255 e. The van der Waals surface area contributed by atoms with Crippen LogP contribution in [-0.2, 0) is 6.42 Å². The summed E-state index contributed by atoms with van der Waals surface area (Å²) in [7, 11) is 1.58. The molecule has 0 bridgehead atoms. The van der Waals surface area contributed by atoms with E-state index in [1.807, 2.05) is 37.3 Å². The fraction of sp³-hybridized carbons (Fsp3) is 0.318. The van der Waals surface area contributed by atoms with Gasteiger partial charge in [0.05, 0.1) is 12.2 Å². The van der Waals surface area contributed by atoms with Crippen molar-refractivity contribution >= 4 is 16.9 Å². The van der Waals surface area contributed by atoms with Crippen molar-refractivity contribution in [3.8, 4) is 17.1 Å². The third-order valence-electron chi connectivity index (χ3n) is 4.95. The van der Waals surface area contributed by atoms with Gasteiger partial charge in [0, 0.05) is 29.6 Å². The number of hydrogen-bond donors (Lipinski definition) is 4. The molecule has 148 valence electrons. The molecule has 0 fully saturated rings. The molecule has 4 N–H and O–H groups in total. The summed E-state index contributed by atoms with van der Waals surface area (Å²) in [6, 6.07) is 12.7. The molecule has 3 aromatic rings. The number of aliphatic hydroxyl groups excluding tert-OH is 1. The maximum atomic E-state index is 12.7. The summed E-state index contributed by atoms with van der Waals surface area (Å²) in [5.41, 5.74) is 2.43. The lowest BCUT2D eigenvalue weighted by atomic mass is 9.98. The standard InChI is InChI=1S/C22H26N2O4/c1-3-15(13-25)24-12-11-16-17(26)9-10-18-19(16)20(22(27)23-2)21(28-18)14-7-5-4-6-8-14/h4-10,15,24-26H,3,11-13H2,1-2H3,(H,23,27)/t15-/m1/s1. The molecule has 3 rings (SSSR count). The minimum absolute atomic E-state index is 0.00369. The predicted molar refractivity (Wildman–Crippen MR) is 110 cm³/mol. The highest BCUT2D eigenvalue weighted by Gasteiger charge is 2.25. The highest BCUT2D eigenvalue weighted by molar-refractivity contribution is 6.12. The highest BCUT2D eigenvalue weighted by atomic mass is 16.3. The fourth-order valence-electron chi connectivity index (χ4n) is 3.38. The fourth-order valence-corrected chi connectivity index (χ4v) is 3.38. The molecule has 0 saturated carbocycles. The van der Waals surface area contributed by atoms with Gasteiger partial charge in [0.1, 0.15) is 17.1 Å². The Morgan fingerprint density at radius 2 is 1.93 bits per heavy atom. The van der Waals surface area contributed by atoms with Crippen molar-refractivity contribution in [2.45, 2.75) is 25.8 Å².